The maximum Gasteiger partial charge on any atom is 0.422 e. The van der Waals surface area contributed by atoms with E-state index in [-0.39, 0.29) is 5.69 Å². The highest BCUT2D eigenvalue weighted by molar-refractivity contribution is 5.93. The van der Waals surface area contributed by atoms with E-state index in [4.69, 9.17) is 5.73 Å². The lowest BCUT2D eigenvalue weighted by Crippen LogP contribution is -2.36. The minimum Gasteiger partial charge on any atom is -0.364 e. The SMILES string of the molecule is CC(c1cccc(C(C)(F)F)c1F)c1c(C(N)=O)nn(-c2cncc(-c3cnnn3C)c2)c(=O)c1C(F)(F)F. The highest BCUT2D eigenvalue weighted by Gasteiger charge is 2.43. The van der Waals surface area contributed by atoms with E-state index in [0.717, 1.165) is 31.3 Å². The summed E-state index contributed by atoms with van der Waals surface area (Å²) in [6.45, 7) is 1.44. The van der Waals surface area contributed by atoms with Gasteiger partial charge in [-0.3, -0.25) is 14.6 Å². The summed E-state index contributed by atoms with van der Waals surface area (Å²) in [6.07, 6.45) is -1.67. The van der Waals surface area contributed by atoms with Crippen LogP contribution in [0.2, 0.25) is 0 Å². The largest absolute Gasteiger partial charge is 0.422 e. The Morgan fingerprint density at radius 3 is 2.36 bits per heavy atom. The number of benzene rings is 1. The number of hydrogen-bond acceptors (Lipinski definition) is 6. The molecule has 0 spiro atoms. The fraction of sp³-hybridized carbons (Fsp3) is 0.250. The molecule has 39 heavy (non-hydrogen) atoms. The Labute approximate surface area is 215 Å². The Morgan fingerprint density at radius 1 is 1.10 bits per heavy atom. The summed E-state index contributed by atoms with van der Waals surface area (Å²) >= 11 is 0. The average molecular weight is 551 g/mol. The van der Waals surface area contributed by atoms with Crippen LogP contribution < -0.4 is 11.3 Å². The van der Waals surface area contributed by atoms with E-state index in [1.807, 2.05) is 0 Å². The molecular weight excluding hydrogens is 532 g/mol. The molecule has 0 aliphatic rings. The van der Waals surface area contributed by atoms with Crippen LogP contribution in [0, 0.1) is 5.82 Å². The van der Waals surface area contributed by atoms with Gasteiger partial charge in [0.05, 0.1) is 29.3 Å². The second-order valence-corrected chi connectivity index (χ2v) is 8.71. The number of aromatic nitrogens is 6. The van der Waals surface area contributed by atoms with Crippen LogP contribution in [0.25, 0.3) is 16.9 Å². The van der Waals surface area contributed by atoms with Crippen LogP contribution in [0.15, 0.2) is 47.7 Å². The van der Waals surface area contributed by atoms with Gasteiger partial charge in [0.25, 0.3) is 17.4 Å². The van der Waals surface area contributed by atoms with Crippen molar-refractivity contribution in [2.24, 2.45) is 12.8 Å². The number of carbonyl (C=O) groups excluding carboxylic acids is 1. The summed E-state index contributed by atoms with van der Waals surface area (Å²) in [5.41, 5.74) is -1.50. The van der Waals surface area contributed by atoms with E-state index in [1.54, 1.807) is 7.05 Å². The molecule has 1 amide bonds. The van der Waals surface area contributed by atoms with E-state index >= 15 is 4.39 Å². The van der Waals surface area contributed by atoms with E-state index in [1.165, 1.54) is 23.1 Å². The second kappa shape index (κ2) is 9.63. The number of rotatable bonds is 6. The van der Waals surface area contributed by atoms with Crippen molar-refractivity contribution in [3.05, 3.63) is 87.0 Å². The highest BCUT2D eigenvalue weighted by Crippen LogP contribution is 2.40. The first-order valence-corrected chi connectivity index (χ1v) is 11.1. The van der Waals surface area contributed by atoms with E-state index < -0.39 is 63.2 Å². The fourth-order valence-electron chi connectivity index (χ4n) is 4.20. The highest BCUT2D eigenvalue weighted by atomic mass is 19.4. The van der Waals surface area contributed by atoms with Crippen molar-refractivity contribution in [1.29, 1.82) is 0 Å². The van der Waals surface area contributed by atoms with Crippen LogP contribution in [0.5, 0.6) is 0 Å². The number of pyridine rings is 1. The monoisotopic (exact) mass is 551 g/mol. The number of nitrogens with zero attached hydrogens (tertiary/aromatic N) is 6. The van der Waals surface area contributed by atoms with Crippen molar-refractivity contribution in [2.75, 3.05) is 0 Å². The van der Waals surface area contributed by atoms with Gasteiger partial charge < -0.3 is 5.73 Å². The maximum absolute atomic E-state index is 15.1. The summed E-state index contributed by atoms with van der Waals surface area (Å²) < 4.78 is 87.8. The third kappa shape index (κ3) is 4.98. The van der Waals surface area contributed by atoms with Gasteiger partial charge in [-0.25, -0.2) is 17.9 Å². The quantitative estimate of drug-likeness (QED) is 0.363. The third-order valence-corrected chi connectivity index (χ3v) is 6.03. The minimum atomic E-state index is -5.38. The van der Waals surface area contributed by atoms with Crippen LogP contribution >= 0.6 is 0 Å². The molecule has 0 bridgehead atoms. The summed E-state index contributed by atoms with van der Waals surface area (Å²) in [5.74, 6) is -8.35. The smallest absolute Gasteiger partial charge is 0.364 e. The third-order valence-electron chi connectivity index (χ3n) is 6.03. The zero-order chi connectivity index (χ0) is 28.9. The van der Waals surface area contributed by atoms with Crippen molar-refractivity contribution >= 4 is 5.91 Å². The molecule has 1 aromatic carbocycles. The van der Waals surface area contributed by atoms with Crippen molar-refractivity contribution in [3.8, 4) is 16.9 Å². The number of nitrogens with two attached hydrogens (primary N) is 1. The van der Waals surface area contributed by atoms with Crippen LogP contribution in [0.3, 0.4) is 0 Å². The van der Waals surface area contributed by atoms with Gasteiger partial charge >= 0.3 is 6.18 Å². The van der Waals surface area contributed by atoms with Gasteiger partial charge in [0.1, 0.15) is 11.4 Å². The van der Waals surface area contributed by atoms with Crippen LogP contribution in [0.4, 0.5) is 26.3 Å². The Morgan fingerprint density at radius 2 is 1.79 bits per heavy atom. The normalized spacial score (nSPS) is 12.9. The molecule has 3 heterocycles. The Hall–Kier alpha value is -4.56. The zero-order valence-electron chi connectivity index (χ0n) is 20.5. The first kappa shape index (κ1) is 27.5. The second-order valence-electron chi connectivity index (χ2n) is 8.71. The van der Waals surface area contributed by atoms with Gasteiger partial charge in [-0.15, -0.1) is 5.10 Å². The van der Waals surface area contributed by atoms with Gasteiger partial charge in [-0.1, -0.05) is 30.3 Å². The molecule has 1 unspecified atom stereocenters. The van der Waals surface area contributed by atoms with Crippen LogP contribution in [-0.4, -0.2) is 35.7 Å². The first-order chi connectivity index (χ1) is 18.1. The predicted molar refractivity (Wildman–Crippen MR) is 125 cm³/mol. The molecule has 3 aromatic heterocycles. The molecule has 0 fully saturated rings. The molecule has 15 heteroatoms. The van der Waals surface area contributed by atoms with Crippen molar-refractivity contribution in [3.63, 3.8) is 0 Å². The Bertz CT molecular complexity index is 1640. The van der Waals surface area contributed by atoms with Gasteiger partial charge in [0.15, 0.2) is 5.69 Å². The number of amides is 1. The molecule has 4 aromatic rings. The number of halogens is 6. The first-order valence-electron chi connectivity index (χ1n) is 11.1. The van der Waals surface area contributed by atoms with Gasteiger partial charge in [-0.05, 0) is 11.6 Å². The van der Waals surface area contributed by atoms with E-state index in [9.17, 15) is 31.5 Å². The van der Waals surface area contributed by atoms with E-state index in [0.29, 0.717) is 22.9 Å². The fourth-order valence-corrected chi connectivity index (χ4v) is 4.20. The number of carbonyl (C=O) groups is 1. The Kier molecular flexibility index (Phi) is 6.79. The van der Waals surface area contributed by atoms with Crippen LogP contribution in [0.1, 0.15) is 52.5 Å². The molecule has 4 rings (SSSR count). The van der Waals surface area contributed by atoms with Gasteiger partial charge in [0.2, 0.25) is 0 Å². The number of alkyl halides is 5. The predicted octanol–water partition coefficient (Wildman–Crippen LogP) is 3.94. The zero-order valence-corrected chi connectivity index (χ0v) is 20.5. The topological polar surface area (TPSA) is 122 Å². The molecule has 1 atom stereocenters. The lowest BCUT2D eigenvalue weighted by molar-refractivity contribution is -0.139. The van der Waals surface area contributed by atoms with E-state index in [2.05, 4.69) is 20.4 Å². The molecule has 2 N–H and O–H groups in total. The molecule has 0 aliphatic heterocycles. The number of hydrogen-bond donors (Lipinski definition) is 1. The standard InChI is InChI=1S/C24H19F6N7O2/c1-11(14-5-4-6-15(19(14)25)23(2,26)27)17-18(24(28,29)30)22(39)37(34-20(17)21(31)38)13-7-12(8-32-9-13)16-10-33-35-36(16)3/h4-11H,1-3H3,(H2,31,38). The molecular formula is C24H19F6N7O2. The average Bonchev–Trinajstić information content (AvgIpc) is 3.27. The number of primary amides is 1. The van der Waals surface area contributed by atoms with Crippen molar-refractivity contribution < 1.29 is 31.1 Å². The molecule has 0 saturated carbocycles. The van der Waals surface area contributed by atoms with Crippen molar-refractivity contribution in [1.82, 2.24) is 29.8 Å². The lowest BCUT2D eigenvalue weighted by atomic mass is 9.86. The molecule has 0 saturated heterocycles. The van der Waals surface area contributed by atoms with Crippen LogP contribution in [-0.2, 0) is 19.1 Å². The summed E-state index contributed by atoms with van der Waals surface area (Å²) in [7, 11) is 1.55. The summed E-state index contributed by atoms with van der Waals surface area (Å²) in [4.78, 5) is 29.6. The Balaban J connectivity index is 2.02. The number of aryl methyl sites for hydroxylation is 1. The van der Waals surface area contributed by atoms with Gasteiger partial charge in [0, 0.05) is 37.2 Å². The molecule has 0 aliphatic carbocycles. The minimum absolute atomic E-state index is 0.260. The maximum atomic E-state index is 15.1. The van der Waals surface area contributed by atoms with Crippen molar-refractivity contribution in [2.45, 2.75) is 31.9 Å². The van der Waals surface area contributed by atoms with Gasteiger partial charge in [-0.2, -0.15) is 23.0 Å². The lowest BCUT2D eigenvalue weighted by Gasteiger charge is -2.23. The molecule has 204 valence electrons. The molecule has 0 radical (unpaired) electrons. The summed E-state index contributed by atoms with van der Waals surface area (Å²) in [5, 5.41) is 11.2. The summed E-state index contributed by atoms with van der Waals surface area (Å²) in [6, 6.07) is 4.04. The molecule has 9 nitrogen and oxygen atoms in total.